The lowest BCUT2D eigenvalue weighted by Gasteiger charge is -2.26. The first-order chi connectivity index (χ1) is 15.6. The highest BCUT2D eigenvalue weighted by Crippen LogP contribution is 2.20. The normalized spacial score (nSPS) is 13.6. The summed E-state index contributed by atoms with van der Waals surface area (Å²) < 4.78 is 16.0. The first kappa shape index (κ1) is 29.1. The van der Waals surface area contributed by atoms with E-state index in [0.29, 0.717) is 0 Å². The number of hydrogen-bond donors (Lipinski definition) is 1. The highest BCUT2D eigenvalue weighted by Gasteiger charge is 2.33. The number of Topliss-reactive ketones (excluding diaryl/α,β-unsaturated/α-hetero) is 1. The van der Waals surface area contributed by atoms with Gasteiger partial charge in [-0.1, -0.05) is 44.2 Å². The summed E-state index contributed by atoms with van der Waals surface area (Å²) in [5.74, 6) is -2.99. The zero-order valence-electron chi connectivity index (χ0n) is 21.6. The van der Waals surface area contributed by atoms with E-state index in [2.05, 4.69) is 5.32 Å². The molecule has 0 aliphatic carbocycles. The molecule has 2 atom stereocenters. The van der Waals surface area contributed by atoms with Crippen LogP contribution in [0.1, 0.15) is 73.8 Å². The van der Waals surface area contributed by atoms with Crippen LogP contribution in [-0.2, 0) is 35.2 Å². The number of hydrogen-bond acceptors (Lipinski definition) is 7. The van der Waals surface area contributed by atoms with Crippen molar-refractivity contribution < 1.29 is 33.4 Å². The van der Waals surface area contributed by atoms with Gasteiger partial charge >= 0.3 is 18.0 Å². The molecule has 190 valence electrons. The SMILES string of the molecule is CC(C)[C@@H](NC(=O)OC(C)(C)C)C(=O)C[C@H](CC(=O)OC(C)(C)C)C(=O)OCc1ccccc1. The Balaban J connectivity index is 2.97. The second-order valence-electron chi connectivity index (χ2n) is 10.6. The molecule has 0 aliphatic heterocycles. The van der Waals surface area contributed by atoms with E-state index in [1.807, 2.05) is 18.2 Å². The van der Waals surface area contributed by atoms with Crippen LogP contribution in [0.5, 0.6) is 0 Å². The molecule has 1 N–H and O–H groups in total. The van der Waals surface area contributed by atoms with E-state index < -0.39 is 47.0 Å². The quantitative estimate of drug-likeness (QED) is 0.388. The third-order valence-electron chi connectivity index (χ3n) is 4.52. The number of benzene rings is 1. The predicted molar refractivity (Wildman–Crippen MR) is 128 cm³/mol. The van der Waals surface area contributed by atoms with E-state index >= 15 is 0 Å². The van der Waals surface area contributed by atoms with Crippen molar-refractivity contribution in [2.75, 3.05) is 0 Å². The molecule has 0 radical (unpaired) electrons. The predicted octanol–water partition coefficient (Wildman–Crippen LogP) is 4.59. The maximum Gasteiger partial charge on any atom is 0.408 e. The van der Waals surface area contributed by atoms with Gasteiger partial charge in [-0.05, 0) is 53.0 Å². The monoisotopic (exact) mass is 477 g/mol. The van der Waals surface area contributed by atoms with Crippen molar-refractivity contribution in [2.45, 2.75) is 92.1 Å². The van der Waals surface area contributed by atoms with Gasteiger partial charge in [0.25, 0.3) is 0 Å². The van der Waals surface area contributed by atoms with Gasteiger partial charge in [0.15, 0.2) is 5.78 Å². The number of nitrogens with one attached hydrogen (secondary N) is 1. The summed E-state index contributed by atoms with van der Waals surface area (Å²) in [4.78, 5) is 50.6. The second-order valence-corrected chi connectivity index (χ2v) is 10.6. The van der Waals surface area contributed by atoms with E-state index in [-0.39, 0.29) is 25.4 Å². The molecule has 1 aromatic rings. The minimum atomic E-state index is -1.05. The Bertz CT molecular complexity index is 835. The average molecular weight is 478 g/mol. The van der Waals surface area contributed by atoms with E-state index in [9.17, 15) is 19.2 Å². The zero-order chi connectivity index (χ0) is 26.1. The Morgan fingerprint density at radius 1 is 0.853 bits per heavy atom. The van der Waals surface area contributed by atoms with Crippen LogP contribution in [0, 0.1) is 11.8 Å². The van der Waals surface area contributed by atoms with Gasteiger partial charge in [-0.15, -0.1) is 0 Å². The number of amides is 1. The third-order valence-corrected chi connectivity index (χ3v) is 4.52. The fraction of sp³-hybridized carbons (Fsp3) is 0.615. The summed E-state index contributed by atoms with van der Waals surface area (Å²) in [5, 5.41) is 2.59. The molecule has 1 amide bonds. The van der Waals surface area contributed by atoms with Crippen molar-refractivity contribution >= 4 is 23.8 Å². The number of ether oxygens (including phenoxy) is 3. The molecule has 8 heteroatoms. The van der Waals surface area contributed by atoms with Gasteiger partial charge in [-0.3, -0.25) is 14.4 Å². The van der Waals surface area contributed by atoms with Crippen LogP contribution in [0.3, 0.4) is 0 Å². The average Bonchev–Trinajstić information content (AvgIpc) is 2.67. The molecule has 0 aromatic heterocycles. The maximum atomic E-state index is 13.1. The van der Waals surface area contributed by atoms with E-state index in [1.165, 1.54) is 0 Å². The van der Waals surface area contributed by atoms with Crippen LogP contribution in [-0.4, -0.2) is 41.1 Å². The Kier molecular flexibility index (Phi) is 10.7. The van der Waals surface area contributed by atoms with Crippen molar-refractivity contribution in [1.29, 1.82) is 0 Å². The van der Waals surface area contributed by atoms with Gasteiger partial charge in [0.2, 0.25) is 0 Å². The number of alkyl carbamates (subject to hydrolysis) is 1. The first-order valence-electron chi connectivity index (χ1n) is 11.5. The zero-order valence-corrected chi connectivity index (χ0v) is 21.6. The molecule has 0 unspecified atom stereocenters. The van der Waals surface area contributed by atoms with Crippen molar-refractivity contribution in [2.24, 2.45) is 11.8 Å². The Hall–Kier alpha value is -2.90. The number of rotatable bonds is 10. The maximum absolute atomic E-state index is 13.1. The second kappa shape index (κ2) is 12.5. The van der Waals surface area contributed by atoms with Crippen LogP contribution in [0.2, 0.25) is 0 Å². The molecule has 1 aromatic carbocycles. The van der Waals surface area contributed by atoms with Gasteiger partial charge in [0.1, 0.15) is 17.8 Å². The first-order valence-corrected chi connectivity index (χ1v) is 11.5. The van der Waals surface area contributed by atoms with Crippen LogP contribution in [0.15, 0.2) is 30.3 Å². The molecular formula is C26H39NO7. The lowest BCUT2D eigenvalue weighted by molar-refractivity contribution is -0.162. The Morgan fingerprint density at radius 2 is 1.41 bits per heavy atom. The van der Waals surface area contributed by atoms with Crippen molar-refractivity contribution in [3.05, 3.63) is 35.9 Å². The summed E-state index contributed by atoms with van der Waals surface area (Å²) in [6, 6.07) is 8.21. The molecule has 8 nitrogen and oxygen atoms in total. The molecule has 0 heterocycles. The minimum absolute atomic E-state index is 0.0163. The fourth-order valence-electron chi connectivity index (χ4n) is 3.09. The summed E-state index contributed by atoms with van der Waals surface area (Å²) in [6.07, 6.45) is -1.32. The summed E-state index contributed by atoms with van der Waals surface area (Å²) >= 11 is 0. The summed E-state index contributed by atoms with van der Waals surface area (Å²) in [5.41, 5.74) is -0.683. The van der Waals surface area contributed by atoms with E-state index in [0.717, 1.165) is 5.56 Å². The number of esters is 2. The third kappa shape index (κ3) is 11.8. The highest BCUT2D eigenvalue weighted by atomic mass is 16.6. The molecule has 1 rings (SSSR count). The molecule has 0 fully saturated rings. The smallest absolute Gasteiger partial charge is 0.408 e. The summed E-state index contributed by atoms with van der Waals surface area (Å²) in [7, 11) is 0. The van der Waals surface area contributed by atoms with Gasteiger partial charge in [0.05, 0.1) is 18.4 Å². The number of carbonyl (C=O) groups excluding carboxylic acids is 4. The molecule has 0 spiro atoms. The van der Waals surface area contributed by atoms with Crippen molar-refractivity contribution in [3.8, 4) is 0 Å². The lowest BCUT2D eigenvalue weighted by atomic mass is 9.91. The molecule has 0 aliphatic rings. The van der Waals surface area contributed by atoms with Gasteiger partial charge in [-0.25, -0.2) is 4.79 Å². The van der Waals surface area contributed by atoms with Gasteiger partial charge in [0, 0.05) is 6.42 Å². The van der Waals surface area contributed by atoms with Crippen LogP contribution in [0.25, 0.3) is 0 Å². The van der Waals surface area contributed by atoms with Gasteiger partial charge < -0.3 is 19.5 Å². The number of ketones is 1. The van der Waals surface area contributed by atoms with Crippen molar-refractivity contribution in [1.82, 2.24) is 5.32 Å². The van der Waals surface area contributed by atoms with Crippen LogP contribution in [0.4, 0.5) is 4.79 Å². The van der Waals surface area contributed by atoms with Crippen LogP contribution >= 0.6 is 0 Å². The van der Waals surface area contributed by atoms with Crippen molar-refractivity contribution in [3.63, 3.8) is 0 Å². The molecule has 0 saturated heterocycles. The van der Waals surface area contributed by atoms with Gasteiger partial charge in [-0.2, -0.15) is 0 Å². The fourth-order valence-corrected chi connectivity index (χ4v) is 3.09. The Labute approximate surface area is 202 Å². The highest BCUT2D eigenvalue weighted by molar-refractivity contribution is 5.92. The molecule has 0 saturated carbocycles. The largest absolute Gasteiger partial charge is 0.461 e. The minimum Gasteiger partial charge on any atom is -0.461 e. The molecule has 0 bridgehead atoms. The standard InChI is InChI=1S/C26H39NO7/c1-17(2)22(27-24(31)34-26(6,7)8)20(28)14-19(15-21(29)33-25(3,4)5)23(30)32-16-18-12-10-9-11-13-18/h9-13,17,19,22H,14-16H2,1-8H3,(H,27,31)/t19-,22-/m1/s1. The van der Waals surface area contributed by atoms with Crippen LogP contribution < -0.4 is 5.32 Å². The molecular weight excluding hydrogens is 438 g/mol. The lowest BCUT2D eigenvalue weighted by Crippen LogP contribution is -2.47. The van der Waals surface area contributed by atoms with E-state index in [4.69, 9.17) is 14.2 Å². The van der Waals surface area contributed by atoms with E-state index in [1.54, 1.807) is 67.5 Å². The Morgan fingerprint density at radius 3 is 1.91 bits per heavy atom. The number of carbonyl (C=O) groups is 4. The topological polar surface area (TPSA) is 108 Å². The molecule has 34 heavy (non-hydrogen) atoms. The summed E-state index contributed by atoms with van der Waals surface area (Å²) in [6.45, 7) is 13.9.